The molecule has 0 amide bonds. The Morgan fingerprint density at radius 3 is 2.17 bits per heavy atom. The molecule has 0 aromatic carbocycles. The molecule has 0 saturated heterocycles. The van der Waals surface area contributed by atoms with E-state index in [0.717, 1.165) is 6.54 Å². The summed E-state index contributed by atoms with van der Waals surface area (Å²) in [5.74, 6) is 0. The maximum Gasteiger partial charge on any atom is 0.0736 e. The van der Waals surface area contributed by atoms with E-state index in [1.807, 2.05) is 0 Å². The number of nitrogens with two attached hydrogens (primary N) is 1. The molecule has 1 rings (SSSR count). The van der Waals surface area contributed by atoms with Crippen molar-refractivity contribution < 1.29 is 4.74 Å². The van der Waals surface area contributed by atoms with Crippen LogP contribution in [0.5, 0.6) is 0 Å². The van der Waals surface area contributed by atoms with Crippen LogP contribution in [0.1, 0.15) is 33.1 Å². The zero-order valence-corrected chi connectivity index (χ0v) is 13.0. The second kappa shape index (κ2) is 5.87. The minimum absolute atomic E-state index is 0.104. The van der Waals surface area contributed by atoms with Gasteiger partial charge in [-0.1, -0.05) is 0 Å². The number of ether oxygens (including phenoxy) is 1. The van der Waals surface area contributed by atoms with Crippen LogP contribution in [0.15, 0.2) is 0 Å². The molecule has 0 aliphatic heterocycles. The first kappa shape index (κ1) is 15.9. The summed E-state index contributed by atoms with van der Waals surface area (Å²) in [7, 11) is 8.31. The maximum absolute atomic E-state index is 6.00. The Bertz CT molecular complexity index is 266. The molecule has 2 atom stereocenters. The fourth-order valence-corrected chi connectivity index (χ4v) is 2.84. The van der Waals surface area contributed by atoms with E-state index in [9.17, 15) is 0 Å². The van der Waals surface area contributed by atoms with Crippen molar-refractivity contribution in [1.29, 1.82) is 0 Å². The van der Waals surface area contributed by atoms with E-state index >= 15 is 0 Å². The topological polar surface area (TPSA) is 41.7 Å². The normalized spacial score (nSPS) is 23.8. The molecule has 1 fully saturated rings. The van der Waals surface area contributed by atoms with E-state index in [4.69, 9.17) is 10.5 Å². The van der Waals surface area contributed by atoms with Gasteiger partial charge in [0.2, 0.25) is 0 Å². The van der Waals surface area contributed by atoms with Gasteiger partial charge in [0.25, 0.3) is 0 Å². The van der Waals surface area contributed by atoms with Gasteiger partial charge in [0.1, 0.15) is 0 Å². The minimum Gasteiger partial charge on any atom is -0.380 e. The number of hydrogen-bond donors (Lipinski definition) is 1. The molecular formula is C14H31N3O. The number of hydrogen-bond acceptors (Lipinski definition) is 4. The van der Waals surface area contributed by atoms with Crippen LogP contribution in [0.3, 0.4) is 0 Å². The van der Waals surface area contributed by atoms with Crippen molar-refractivity contribution in [2.75, 3.05) is 41.3 Å². The molecule has 18 heavy (non-hydrogen) atoms. The molecule has 1 aliphatic carbocycles. The van der Waals surface area contributed by atoms with Gasteiger partial charge in [0.05, 0.1) is 11.6 Å². The number of methoxy groups -OCH3 is 1. The van der Waals surface area contributed by atoms with Crippen LogP contribution < -0.4 is 5.73 Å². The second-order valence-electron chi connectivity index (χ2n) is 6.27. The van der Waals surface area contributed by atoms with Crippen molar-refractivity contribution in [2.45, 2.75) is 50.3 Å². The van der Waals surface area contributed by atoms with Gasteiger partial charge in [-0.2, -0.15) is 0 Å². The summed E-state index contributed by atoms with van der Waals surface area (Å²) in [5, 5.41) is 0. The van der Waals surface area contributed by atoms with Gasteiger partial charge in [0, 0.05) is 25.7 Å². The first-order valence-electron chi connectivity index (χ1n) is 6.94. The Hall–Kier alpha value is -0.160. The van der Waals surface area contributed by atoms with E-state index in [1.165, 1.54) is 19.3 Å². The van der Waals surface area contributed by atoms with Gasteiger partial charge in [-0.25, -0.2) is 0 Å². The molecule has 0 aromatic heterocycles. The maximum atomic E-state index is 6.00. The fraction of sp³-hybridized carbons (Fsp3) is 1.00. The molecule has 2 N–H and O–H groups in total. The third kappa shape index (κ3) is 2.72. The Morgan fingerprint density at radius 1 is 1.33 bits per heavy atom. The number of rotatable bonds is 7. The minimum atomic E-state index is -0.104. The summed E-state index contributed by atoms with van der Waals surface area (Å²) in [4.78, 5) is 4.77. The van der Waals surface area contributed by atoms with Crippen molar-refractivity contribution in [3.63, 3.8) is 0 Å². The smallest absolute Gasteiger partial charge is 0.0736 e. The Morgan fingerprint density at radius 2 is 1.89 bits per heavy atom. The quantitative estimate of drug-likeness (QED) is 0.743. The monoisotopic (exact) mass is 257 g/mol. The first-order valence-corrected chi connectivity index (χ1v) is 6.94. The summed E-state index contributed by atoms with van der Waals surface area (Å²) in [5.41, 5.74) is 6.23. The van der Waals surface area contributed by atoms with Crippen LogP contribution in [0.2, 0.25) is 0 Å². The number of nitrogens with zero attached hydrogens (tertiary/aromatic N) is 2. The molecule has 108 valence electrons. The summed E-state index contributed by atoms with van der Waals surface area (Å²) in [6, 6.07) is 0. The van der Waals surface area contributed by atoms with Crippen LogP contribution in [-0.2, 0) is 4.74 Å². The summed E-state index contributed by atoms with van der Waals surface area (Å²) < 4.78 is 5.52. The van der Waals surface area contributed by atoms with Crippen molar-refractivity contribution in [2.24, 2.45) is 5.73 Å². The zero-order chi connectivity index (χ0) is 14.0. The summed E-state index contributed by atoms with van der Waals surface area (Å²) >= 11 is 0. The summed E-state index contributed by atoms with van der Waals surface area (Å²) in [6.45, 7) is 5.97. The van der Waals surface area contributed by atoms with E-state index < -0.39 is 0 Å². The Kier molecular flexibility index (Phi) is 5.18. The lowest BCUT2D eigenvalue weighted by molar-refractivity contribution is -0.0570. The van der Waals surface area contributed by atoms with E-state index in [1.54, 1.807) is 7.11 Å². The van der Waals surface area contributed by atoms with Crippen LogP contribution in [-0.4, -0.2) is 68.3 Å². The highest BCUT2D eigenvalue weighted by atomic mass is 16.5. The van der Waals surface area contributed by atoms with Crippen LogP contribution in [0.25, 0.3) is 0 Å². The largest absolute Gasteiger partial charge is 0.380 e. The summed E-state index contributed by atoms with van der Waals surface area (Å²) in [6.07, 6.45) is 4.04. The van der Waals surface area contributed by atoms with E-state index in [2.05, 4.69) is 44.8 Å². The van der Waals surface area contributed by atoms with Gasteiger partial charge in [-0.05, 0) is 54.3 Å². The molecule has 0 radical (unpaired) electrons. The lowest BCUT2D eigenvalue weighted by Crippen LogP contribution is -2.64. The van der Waals surface area contributed by atoms with Gasteiger partial charge in [-0.3, -0.25) is 4.90 Å². The Labute approximate surface area is 112 Å². The molecule has 0 aromatic rings. The molecule has 0 heterocycles. The van der Waals surface area contributed by atoms with Gasteiger partial charge in [0.15, 0.2) is 0 Å². The van der Waals surface area contributed by atoms with Crippen LogP contribution in [0, 0.1) is 0 Å². The van der Waals surface area contributed by atoms with Crippen molar-refractivity contribution in [1.82, 2.24) is 9.80 Å². The standard InChI is InChI=1S/C14H31N3O/c1-12(18-6)13(2,10-15)17(5)11-14(16(3)4)8-7-9-14/h12H,7-11,15H2,1-6H3. The van der Waals surface area contributed by atoms with Crippen molar-refractivity contribution in [3.05, 3.63) is 0 Å². The average Bonchev–Trinajstić information content (AvgIpc) is 2.30. The molecular weight excluding hydrogens is 226 g/mol. The lowest BCUT2D eigenvalue weighted by atomic mass is 9.74. The fourth-order valence-electron chi connectivity index (χ4n) is 2.84. The van der Waals surface area contributed by atoms with Gasteiger partial charge < -0.3 is 15.4 Å². The molecule has 0 bridgehead atoms. The second-order valence-corrected chi connectivity index (χ2v) is 6.27. The SMILES string of the molecule is COC(C)C(C)(CN)N(C)CC1(N(C)C)CCC1. The van der Waals surface area contributed by atoms with Crippen molar-refractivity contribution in [3.8, 4) is 0 Å². The van der Waals surface area contributed by atoms with Gasteiger partial charge >= 0.3 is 0 Å². The molecule has 4 nitrogen and oxygen atoms in total. The zero-order valence-electron chi connectivity index (χ0n) is 13.0. The molecule has 4 heteroatoms. The molecule has 0 spiro atoms. The number of likely N-dealkylation sites (N-methyl/N-ethyl adjacent to an activating group) is 2. The van der Waals surface area contributed by atoms with Crippen molar-refractivity contribution >= 4 is 0 Å². The Balaban J connectivity index is 2.76. The average molecular weight is 257 g/mol. The molecule has 1 aliphatic rings. The third-order valence-electron chi connectivity index (χ3n) is 5.28. The van der Waals surface area contributed by atoms with Crippen LogP contribution in [0.4, 0.5) is 0 Å². The third-order valence-corrected chi connectivity index (χ3v) is 5.28. The first-order chi connectivity index (χ1) is 8.32. The van der Waals surface area contributed by atoms with Gasteiger partial charge in [-0.15, -0.1) is 0 Å². The highest BCUT2D eigenvalue weighted by Crippen LogP contribution is 2.38. The predicted octanol–water partition coefficient (Wildman–Crippen LogP) is 1.15. The van der Waals surface area contributed by atoms with E-state index in [-0.39, 0.29) is 11.6 Å². The highest BCUT2D eigenvalue weighted by Gasteiger charge is 2.44. The van der Waals surface area contributed by atoms with E-state index in [0.29, 0.717) is 12.1 Å². The molecule has 2 unspecified atom stereocenters. The lowest BCUT2D eigenvalue weighted by Gasteiger charge is -2.53. The predicted molar refractivity (Wildman–Crippen MR) is 76.8 cm³/mol. The van der Waals surface area contributed by atoms with Crippen LogP contribution >= 0.6 is 0 Å². The highest BCUT2D eigenvalue weighted by molar-refractivity contribution is 5.02. The molecule has 1 saturated carbocycles.